The molecule has 10 heteroatoms. The van der Waals surface area contributed by atoms with Crippen LogP contribution in [0.5, 0.6) is 0 Å². The highest BCUT2D eigenvalue weighted by atomic mass is 19.1. The van der Waals surface area contributed by atoms with Gasteiger partial charge in [-0.15, -0.1) is 0 Å². The number of oxime groups is 1. The number of halogens is 1. The van der Waals surface area contributed by atoms with E-state index in [2.05, 4.69) is 20.0 Å². The second-order valence-electron chi connectivity index (χ2n) is 6.67. The number of rotatable bonds is 6. The van der Waals surface area contributed by atoms with Gasteiger partial charge in [0, 0.05) is 22.9 Å². The minimum absolute atomic E-state index is 0.0900. The average Bonchev–Trinajstić information content (AvgIpc) is 2.69. The average molecular weight is 414 g/mol. The number of hydrogen-bond donors (Lipinski definition) is 3. The van der Waals surface area contributed by atoms with Crippen molar-refractivity contribution in [3.63, 3.8) is 0 Å². The highest BCUT2D eigenvalue weighted by Crippen LogP contribution is 2.30. The summed E-state index contributed by atoms with van der Waals surface area (Å²) in [6, 6.07) is 6.90. The number of guanidine groups is 1. The number of aliphatic imine (C=N–C) groups is 1. The molecule has 1 aromatic heterocycles. The number of carbonyl (C=O) groups is 1. The van der Waals surface area contributed by atoms with Crippen LogP contribution in [0.15, 0.2) is 40.6 Å². The van der Waals surface area contributed by atoms with Crippen molar-refractivity contribution in [2.24, 2.45) is 15.9 Å². The summed E-state index contributed by atoms with van der Waals surface area (Å²) in [5.74, 6) is 0.113. The number of carboxylic acid groups (broad SMARTS) is 1. The van der Waals surface area contributed by atoms with Crippen molar-refractivity contribution >= 4 is 23.6 Å². The van der Waals surface area contributed by atoms with Crippen LogP contribution in [0.2, 0.25) is 0 Å². The zero-order valence-corrected chi connectivity index (χ0v) is 16.7. The summed E-state index contributed by atoms with van der Waals surface area (Å²) in [4.78, 5) is 25.9. The normalized spacial score (nSPS) is 13.6. The summed E-state index contributed by atoms with van der Waals surface area (Å²) >= 11 is 0. The summed E-state index contributed by atoms with van der Waals surface area (Å²) in [5, 5.41) is 14.5. The van der Waals surface area contributed by atoms with Crippen molar-refractivity contribution in [3.8, 4) is 11.1 Å². The van der Waals surface area contributed by atoms with Crippen LogP contribution < -0.4 is 16.0 Å². The molecule has 4 N–H and O–H groups in total. The molecule has 2 aromatic rings. The first-order chi connectivity index (χ1) is 14.4. The Balaban J connectivity index is 1.84. The maximum absolute atomic E-state index is 15.1. The highest BCUT2D eigenvalue weighted by Gasteiger charge is 2.26. The quantitative estimate of drug-likeness (QED) is 0.379. The van der Waals surface area contributed by atoms with Gasteiger partial charge in [-0.25, -0.2) is 19.2 Å². The molecule has 1 amide bonds. The van der Waals surface area contributed by atoms with Crippen molar-refractivity contribution in [3.05, 3.63) is 47.4 Å². The zero-order chi connectivity index (χ0) is 21.7. The molecule has 9 nitrogen and oxygen atoms in total. The van der Waals surface area contributed by atoms with Gasteiger partial charge in [0.2, 0.25) is 0 Å². The molecule has 0 saturated carbocycles. The van der Waals surface area contributed by atoms with Crippen LogP contribution in [0.25, 0.3) is 11.1 Å². The first-order valence-corrected chi connectivity index (χ1v) is 9.33. The van der Waals surface area contributed by atoms with E-state index in [1.54, 1.807) is 24.4 Å². The van der Waals surface area contributed by atoms with Crippen molar-refractivity contribution in [2.45, 2.75) is 19.9 Å². The monoisotopic (exact) mass is 414 g/mol. The number of amides is 1. The Hall–Kier alpha value is -3.69. The van der Waals surface area contributed by atoms with Gasteiger partial charge >= 0.3 is 6.09 Å². The molecule has 0 aliphatic carbocycles. The number of aromatic nitrogens is 1. The SMILES string of the molecule is CCc1cc(-c2cccc(CN=C(N)NC(=O)O)c2F)cnc1N1CC(=NOC)C1. The topological polar surface area (TPSA) is 125 Å². The standard InChI is InChI=1S/C20H23FN6O3/c1-3-12-7-14(9-23-18(12)27-10-15(11-27)26-30-2)16-6-4-5-13(17(16)21)8-24-19(22)25-20(28)29/h4-7,9H,3,8,10-11H2,1-2H3,(H,28,29)(H3,22,24,25). The van der Waals surface area contributed by atoms with Gasteiger partial charge in [-0.3, -0.25) is 5.32 Å². The van der Waals surface area contributed by atoms with Crippen LogP contribution in [0.3, 0.4) is 0 Å². The molecule has 0 spiro atoms. The molecule has 1 aromatic carbocycles. The number of anilines is 1. The van der Waals surface area contributed by atoms with Gasteiger partial charge in [0.25, 0.3) is 0 Å². The van der Waals surface area contributed by atoms with Crippen LogP contribution in [0.1, 0.15) is 18.1 Å². The van der Waals surface area contributed by atoms with Crippen molar-refractivity contribution in [1.82, 2.24) is 10.3 Å². The summed E-state index contributed by atoms with van der Waals surface area (Å²) < 4.78 is 15.1. The van der Waals surface area contributed by atoms with Gasteiger partial charge in [0.15, 0.2) is 5.96 Å². The minimum atomic E-state index is -1.33. The third-order valence-corrected chi connectivity index (χ3v) is 4.63. The molecule has 2 heterocycles. The third kappa shape index (κ3) is 4.65. The van der Waals surface area contributed by atoms with Crippen molar-refractivity contribution in [2.75, 3.05) is 25.1 Å². The number of pyridine rings is 1. The number of aryl methyl sites for hydroxylation is 1. The molecule has 0 bridgehead atoms. The summed E-state index contributed by atoms with van der Waals surface area (Å²) in [5.41, 5.74) is 8.75. The number of nitrogens with zero attached hydrogens (tertiary/aromatic N) is 4. The van der Waals surface area contributed by atoms with E-state index in [1.807, 2.05) is 18.3 Å². The number of benzene rings is 1. The van der Waals surface area contributed by atoms with E-state index in [9.17, 15) is 4.79 Å². The minimum Gasteiger partial charge on any atom is -0.465 e. The summed E-state index contributed by atoms with van der Waals surface area (Å²) in [6.45, 7) is 3.24. The maximum atomic E-state index is 15.1. The molecule has 0 atom stereocenters. The number of nitrogens with two attached hydrogens (primary N) is 1. The van der Waals surface area contributed by atoms with Crippen LogP contribution in [-0.4, -0.2) is 48.1 Å². The lowest BCUT2D eigenvalue weighted by Crippen LogP contribution is -2.48. The van der Waals surface area contributed by atoms with Crippen molar-refractivity contribution < 1.29 is 19.1 Å². The van der Waals surface area contributed by atoms with Gasteiger partial charge in [0.05, 0.1) is 25.3 Å². The fourth-order valence-corrected chi connectivity index (χ4v) is 3.17. The van der Waals surface area contributed by atoms with Gasteiger partial charge in [-0.05, 0) is 18.1 Å². The Morgan fingerprint density at radius 2 is 2.17 bits per heavy atom. The Labute approximate surface area is 173 Å². The summed E-state index contributed by atoms with van der Waals surface area (Å²) in [6.07, 6.45) is 1.06. The second-order valence-corrected chi connectivity index (χ2v) is 6.67. The van der Waals surface area contributed by atoms with Crippen LogP contribution in [0, 0.1) is 5.82 Å². The molecule has 1 fully saturated rings. The van der Waals surface area contributed by atoms with E-state index in [4.69, 9.17) is 15.7 Å². The largest absolute Gasteiger partial charge is 0.465 e. The Kier molecular flexibility index (Phi) is 6.45. The fourth-order valence-electron chi connectivity index (χ4n) is 3.17. The van der Waals surface area contributed by atoms with E-state index < -0.39 is 11.9 Å². The first-order valence-electron chi connectivity index (χ1n) is 9.33. The Morgan fingerprint density at radius 3 is 2.83 bits per heavy atom. The molecule has 0 unspecified atom stereocenters. The van der Waals surface area contributed by atoms with E-state index in [0.717, 1.165) is 23.5 Å². The molecule has 1 aliphatic heterocycles. The molecule has 1 saturated heterocycles. The summed E-state index contributed by atoms with van der Waals surface area (Å²) in [7, 11) is 1.52. The predicted octanol–water partition coefficient (Wildman–Crippen LogP) is 2.35. The predicted molar refractivity (Wildman–Crippen MR) is 112 cm³/mol. The van der Waals surface area contributed by atoms with E-state index >= 15 is 4.39 Å². The smallest absolute Gasteiger partial charge is 0.411 e. The lowest BCUT2D eigenvalue weighted by atomic mass is 10.0. The molecular formula is C20H23FN6O3. The molecular weight excluding hydrogens is 391 g/mol. The zero-order valence-electron chi connectivity index (χ0n) is 16.7. The Bertz CT molecular complexity index is 1000. The molecule has 1 aliphatic rings. The second kappa shape index (κ2) is 9.21. The van der Waals surface area contributed by atoms with Crippen LogP contribution in [0.4, 0.5) is 15.0 Å². The molecule has 158 valence electrons. The van der Waals surface area contributed by atoms with Crippen molar-refractivity contribution in [1.29, 1.82) is 0 Å². The molecule has 0 radical (unpaired) electrons. The lowest BCUT2D eigenvalue weighted by molar-refractivity contribution is 0.200. The highest BCUT2D eigenvalue weighted by molar-refractivity contribution is 5.99. The van der Waals surface area contributed by atoms with Gasteiger partial charge < -0.3 is 20.6 Å². The van der Waals surface area contributed by atoms with Gasteiger partial charge in [0.1, 0.15) is 18.7 Å². The fraction of sp³-hybridized carbons (Fsp3) is 0.300. The molecule has 30 heavy (non-hydrogen) atoms. The first kappa shape index (κ1) is 21.0. The van der Waals surface area contributed by atoms with Crippen LogP contribution in [-0.2, 0) is 17.8 Å². The maximum Gasteiger partial charge on any atom is 0.411 e. The van der Waals surface area contributed by atoms with E-state index in [0.29, 0.717) is 29.8 Å². The Morgan fingerprint density at radius 1 is 1.40 bits per heavy atom. The number of hydrogen-bond acceptors (Lipinski definition) is 6. The van der Waals surface area contributed by atoms with Gasteiger partial charge in [-0.1, -0.05) is 30.3 Å². The molecule has 3 rings (SSSR count). The van der Waals surface area contributed by atoms with E-state index in [-0.39, 0.29) is 12.5 Å². The third-order valence-electron chi connectivity index (χ3n) is 4.63. The van der Waals surface area contributed by atoms with E-state index in [1.165, 1.54) is 7.11 Å². The number of nitrogens with one attached hydrogen (secondary N) is 1. The lowest BCUT2D eigenvalue weighted by Gasteiger charge is -2.34. The van der Waals surface area contributed by atoms with Crippen LogP contribution >= 0.6 is 0 Å². The van der Waals surface area contributed by atoms with Gasteiger partial charge in [-0.2, -0.15) is 0 Å².